The first kappa shape index (κ1) is 18.8. The number of benzene rings is 2. The second-order valence-corrected chi connectivity index (χ2v) is 6.11. The molecule has 1 heterocycles. The maximum absolute atomic E-state index is 10.9. The summed E-state index contributed by atoms with van der Waals surface area (Å²) in [5.74, 6) is 0. The summed E-state index contributed by atoms with van der Waals surface area (Å²) in [5, 5.41) is 19.0. The van der Waals surface area contributed by atoms with E-state index in [9.17, 15) is 10.1 Å². The number of non-ortho nitro benzene ring substituents is 1. The number of nitro groups is 1. The van der Waals surface area contributed by atoms with Crippen LogP contribution in [0.15, 0.2) is 60.8 Å². The van der Waals surface area contributed by atoms with Crippen molar-refractivity contribution in [1.82, 2.24) is 15.1 Å². The van der Waals surface area contributed by atoms with Crippen molar-refractivity contribution in [3.05, 3.63) is 76.5 Å². The molecular formula is C20H22N4O3. The lowest BCUT2D eigenvalue weighted by Gasteiger charge is -2.05. The average molecular weight is 366 g/mol. The van der Waals surface area contributed by atoms with E-state index in [0.29, 0.717) is 13.2 Å². The van der Waals surface area contributed by atoms with Crippen LogP contribution in [0.2, 0.25) is 0 Å². The maximum atomic E-state index is 10.9. The number of nitro benzene ring substituents is 1. The summed E-state index contributed by atoms with van der Waals surface area (Å²) in [4.78, 5) is 10.5. The molecule has 0 spiro atoms. The molecule has 1 N–H and O–H groups in total. The Morgan fingerprint density at radius 3 is 2.56 bits per heavy atom. The summed E-state index contributed by atoms with van der Waals surface area (Å²) < 4.78 is 6.90. The zero-order chi connectivity index (χ0) is 19.1. The Morgan fingerprint density at radius 2 is 1.89 bits per heavy atom. The Morgan fingerprint density at radius 1 is 1.15 bits per heavy atom. The van der Waals surface area contributed by atoms with E-state index in [1.54, 1.807) is 19.2 Å². The summed E-state index contributed by atoms with van der Waals surface area (Å²) in [7, 11) is 1.69. The number of nitrogens with zero attached hydrogens (tertiary/aromatic N) is 3. The van der Waals surface area contributed by atoms with Gasteiger partial charge in [0.1, 0.15) is 0 Å². The quantitative estimate of drug-likeness (QED) is 0.356. The Balaban J connectivity index is 1.87. The molecule has 0 aliphatic carbocycles. The van der Waals surface area contributed by atoms with Crippen molar-refractivity contribution >= 4 is 5.69 Å². The molecule has 1 aromatic heterocycles. The minimum atomic E-state index is -0.398. The van der Waals surface area contributed by atoms with Crippen molar-refractivity contribution < 1.29 is 9.66 Å². The molecule has 0 fully saturated rings. The lowest BCUT2D eigenvalue weighted by atomic mass is 10.1. The highest BCUT2D eigenvalue weighted by Gasteiger charge is 2.13. The number of rotatable bonds is 9. The molecule has 0 saturated heterocycles. The third kappa shape index (κ3) is 4.78. The first-order valence-electron chi connectivity index (χ1n) is 8.77. The summed E-state index contributed by atoms with van der Waals surface area (Å²) in [6, 6.07) is 16.4. The molecule has 2 aromatic carbocycles. The number of aromatic nitrogens is 2. The fourth-order valence-corrected chi connectivity index (χ4v) is 2.80. The molecule has 27 heavy (non-hydrogen) atoms. The van der Waals surface area contributed by atoms with Crippen LogP contribution in [0.1, 0.15) is 12.0 Å². The van der Waals surface area contributed by atoms with Crippen LogP contribution < -0.4 is 5.32 Å². The van der Waals surface area contributed by atoms with E-state index in [1.165, 1.54) is 12.1 Å². The Kier molecular flexibility index (Phi) is 6.30. The molecule has 0 bridgehead atoms. The van der Waals surface area contributed by atoms with Crippen molar-refractivity contribution in [3.63, 3.8) is 0 Å². The van der Waals surface area contributed by atoms with Crippen LogP contribution in [0.3, 0.4) is 0 Å². The van der Waals surface area contributed by atoms with Crippen LogP contribution in [-0.4, -0.2) is 35.0 Å². The molecule has 0 radical (unpaired) electrons. The lowest BCUT2D eigenvalue weighted by Crippen LogP contribution is -2.16. The molecule has 7 nitrogen and oxygen atoms in total. The van der Waals surface area contributed by atoms with Gasteiger partial charge in [0, 0.05) is 49.7 Å². The first-order valence-corrected chi connectivity index (χ1v) is 8.77. The van der Waals surface area contributed by atoms with Gasteiger partial charge in [0.2, 0.25) is 0 Å². The van der Waals surface area contributed by atoms with Gasteiger partial charge in [-0.3, -0.25) is 10.1 Å². The van der Waals surface area contributed by atoms with Crippen molar-refractivity contribution in [3.8, 4) is 16.9 Å². The summed E-state index contributed by atoms with van der Waals surface area (Å²) in [5.41, 5.74) is 3.73. The van der Waals surface area contributed by atoms with Crippen molar-refractivity contribution in [2.24, 2.45) is 0 Å². The van der Waals surface area contributed by atoms with Gasteiger partial charge in [0.15, 0.2) is 0 Å². The second kappa shape index (κ2) is 9.07. The largest absolute Gasteiger partial charge is 0.385 e. The maximum Gasteiger partial charge on any atom is 0.269 e. The predicted molar refractivity (Wildman–Crippen MR) is 104 cm³/mol. The summed E-state index contributed by atoms with van der Waals surface area (Å²) >= 11 is 0. The molecule has 0 atom stereocenters. The zero-order valence-corrected chi connectivity index (χ0v) is 15.2. The number of para-hydroxylation sites is 1. The van der Waals surface area contributed by atoms with E-state index in [1.807, 2.05) is 41.2 Å². The van der Waals surface area contributed by atoms with Gasteiger partial charge in [0.05, 0.1) is 16.3 Å². The van der Waals surface area contributed by atoms with Crippen molar-refractivity contribution in [2.45, 2.75) is 13.0 Å². The molecule has 0 aliphatic heterocycles. The van der Waals surface area contributed by atoms with Crippen LogP contribution in [-0.2, 0) is 11.3 Å². The molecular weight excluding hydrogens is 344 g/mol. The third-order valence-corrected chi connectivity index (χ3v) is 4.18. The molecule has 140 valence electrons. The second-order valence-electron chi connectivity index (χ2n) is 6.11. The highest BCUT2D eigenvalue weighted by Crippen LogP contribution is 2.25. The minimum absolute atomic E-state index is 0.0699. The topological polar surface area (TPSA) is 82.2 Å². The van der Waals surface area contributed by atoms with Crippen molar-refractivity contribution in [1.29, 1.82) is 0 Å². The van der Waals surface area contributed by atoms with Gasteiger partial charge in [-0.05, 0) is 37.2 Å². The number of hydrogen-bond donors (Lipinski definition) is 1. The molecule has 0 saturated carbocycles. The van der Waals surface area contributed by atoms with Gasteiger partial charge in [0.25, 0.3) is 5.69 Å². The van der Waals surface area contributed by atoms with E-state index < -0.39 is 4.92 Å². The first-order chi connectivity index (χ1) is 13.2. The summed E-state index contributed by atoms with van der Waals surface area (Å²) in [6.07, 6.45) is 2.92. The Hall–Kier alpha value is -3.03. The van der Waals surface area contributed by atoms with E-state index in [4.69, 9.17) is 9.84 Å². The smallest absolute Gasteiger partial charge is 0.269 e. The van der Waals surface area contributed by atoms with E-state index >= 15 is 0 Å². The number of ether oxygens (including phenoxy) is 1. The molecule has 7 heteroatoms. The predicted octanol–water partition coefficient (Wildman–Crippen LogP) is 3.57. The van der Waals surface area contributed by atoms with Crippen molar-refractivity contribution in [2.75, 3.05) is 20.3 Å². The van der Waals surface area contributed by atoms with Crippen LogP contribution in [0.4, 0.5) is 5.69 Å². The fourth-order valence-electron chi connectivity index (χ4n) is 2.80. The molecule has 0 amide bonds. The van der Waals surface area contributed by atoms with Crippen LogP contribution >= 0.6 is 0 Å². The van der Waals surface area contributed by atoms with Gasteiger partial charge in [-0.2, -0.15) is 5.10 Å². The van der Waals surface area contributed by atoms with Crippen LogP contribution in [0, 0.1) is 10.1 Å². The summed E-state index contributed by atoms with van der Waals surface area (Å²) in [6.45, 7) is 2.21. The standard InChI is InChI=1S/C20H22N4O3/c1-27-13-5-12-21-14-17-15-23(18-6-3-2-4-7-18)22-20(17)16-8-10-19(11-9-16)24(25)26/h2-4,6-11,15,21H,5,12-14H2,1H3. The number of hydrogen-bond acceptors (Lipinski definition) is 5. The molecule has 0 aliphatic rings. The van der Waals surface area contributed by atoms with Gasteiger partial charge in [-0.15, -0.1) is 0 Å². The fraction of sp³-hybridized carbons (Fsp3) is 0.250. The molecule has 0 unspecified atom stereocenters. The highest BCUT2D eigenvalue weighted by atomic mass is 16.6. The zero-order valence-electron chi connectivity index (χ0n) is 15.2. The normalized spacial score (nSPS) is 10.9. The van der Waals surface area contributed by atoms with E-state index in [-0.39, 0.29) is 5.69 Å². The van der Waals surface area contributed by atoms with Gasteiger partial charge >= 0.3 is 0 Å². The molecule has 3 rings (SSSR count). The monoisotopic (exact) mass is 366 g/mol. The SMILES string of the molecule is COCCCNCc1cn(-c2ccccc2)nc1-c1ccc([N+](=O)[O-])cc1. The Labute approximate surface area is 157 Å². The van der Waals surface area contributed by atoms with Gasteiger partial charge in [-0.25, -0.2) is 4.68 Å². The molecule has 3 aromatic rings. The van der Waals surface area contributed by atoms with E-state index in [2.05, 4.69) is 5.32 Å². The van der Waals surface area contributed by atoms with Gasteiger partial charge in [-0.1, -0.05) is 18.2 Å². The van der Waals surface area contributed by atoms with Crippen LogP contribution in [0.25, 0.3) is 16.9 Å². The number of nitrogens with one attached hydrogen (secondary N) is 1. The Bertz CT molecular complexity index is 876. The third-order valence-electron chi connectivity index (χ3n) is 4.18. The van der Waals surface area contributed by atoms with Crippen LogP contribution in [0.5, 0.6) is 0 Å². The minimum Gasteiger partial charge on any atom is -0.385 e. The highest BCUT2D eigenvalue weighted by molar-refractivity contribution is 5.64. The average Bonchev–Trinajstić information content (AvgIpc) is 3.13. The van der Waals surface area contributed by atoms with E-state index in [0.717, 1.165) is 35.5 Å². The lowest BCUT2D eigenvalue weighted by molar-refractivity contribution is -0.384. The van der Waals surface area contributed by atoms with Gasteiger partial charge < -0.3 is 10.1 Å². The number of methoxy groups -OCH3 is 1.